The Bertz CT molecular complexity index is 779. The van der Waals surface area contributed by atoms with Crippen LogP contribution in [0.15, 0.2) is 24.3 Å². The maximum absolute atomic E-state index is 12.5. The van der Waals surface area contributed by atoms with E-state index in [2.05, 4.69) is 20.6 Å². The zero-order chi connectivity index (χ0) is 17.8. The number of nitrogens with zero attached hydrogens (tertiary/aromatic N) is 2. The summed E-state index contributed by atoms with van der Waals surface area (Å²) in [6, 6.07) is 6.66. The first-order valence-corrected chi connectivity index (χ1v) is 8.75. The molecular formula is C17H18Cl2N4O2. The van der Waals surface area contributed by atoms with Gasteiger partial charge in [-0.1, -0.05) is 29.3 Å². The van der Waals surface area contributed by atoms with Crippen molar-refractivity contribution < 1.29 is 9.53 Å². The lowest BCUT2D eigenvalue weighted by Gasteiger charge is -2.12. The van der Waals surface area contributed by atoms with Gasteiger partial charge in [-0.3, -0.25) is 4.79 Å². The lowest BCUT2D eigenvalue weighted by atomic mass is 10.2. The maximum Gasteiger partial charge on any atom is 0.274 e. The van der Waals surface area contributed by atoms with E-state index in [1.807, 2.05) is 6.92 Å². The monoisotopic (exact) mass is 380 g/mol. The van der Waals surface area contributed by atoms with Crippen molar-refractivity contribution in [2.24, 2.45) is 0 Å². The number of anilines is 2. The van der Waals surface area contributed by atoms with Crippen LogP contribution in [0.2, 0.25) is 10.0 Å². The van der Waals surface area contributed by atoms with Gasteiger partial charge in [0.2, 0.25) is 5.95 Å². The van der Waals surface area contributed by atoms with Crippen LogP contribution in [0.25, 0.3) is 0 Å². The number of aromatic nitrogens is 2. The third kappa shape index (κ3) is 4.60. The Labute approximate surface area is 155 Å². The summed E-state index contributed by atoms with van der Waals surface area (Å²) < 4.78 is 5.56. The van der Waals surface area contributed by atoms with Crippen LogP contribution in [0.4, 0.5) is 11.6 Å². The first-order valence-electron chi connectivity index (χ1n) is 7.99. The molecular weight excluding hydrogens is 363 g/mol. The molecule has 1 atom stereocenters. The minimum atomic E-state index is -0.380. The Hall–Kier alpha value is -1.89. The smallest absolute Gasteiger partial charge is 0.274 e. The Morgan fingerprint density at radius 3 is 2.96 bits per heavy atom. The summed E-state index contributed by atoms with van der Waals surface area (Å²) >= 11 is 12.1. The van der Waals surface area contributed by atoms with Crippen molar-refractivity contribution in [2.45, 2.75) is 25.9 Å². The van der Waals surface area contributed by atoms with Crippen molar-refractivity contribution in [3.63, 3.8) is 0 Å². The third-order valence-electron chi connectivity index (χ3n) is 3.80. The highest BCUT2D eigenvalue weighted by molar-refractivity contribution is 6.44. The molecule has 1 aromatic heterocycles. The van der Waals surface area contributed by atoms with Crippen LogP contribution in [0.5, 0.6) is 0 Å². The molecule has 1 fully saturated rings. The number of rotatable bonds is 5. The zero-order valence-corrected chi connectivity index (χ0v) is 15.2. The SMILES string of the molecule is Cc1cc(C(=O)Nc2cccc(Cl)c2Cl)nc(NCC2CCCO2)n1. The summed E-state index contributed by atoms with van der Waals surface area (Å²) in [7, 11) is 0. The summed E-state index contributed by atoms with van der Waals surface area (Å²) in [5, 5.41) is 6.52. The quantitative estimate of drug-likeness (QED) is 0.821. The molecule has 0 saturated carbocycles. The second kappa shape index (κ2) is 7.99. The predicted octanol–water partition coefficient (Wildman–Crippen LogP) is 3.94. The molecule has 6 nitrogen and oxygen atoms in total. The lowest BCUT2D eigenvalue weighted by Crippen LogP contribution is -2.21. The molecule has 8 heteroatoms. The molecule has 3 rings (SSSR count). The van der Waals surface area contributed by atoms with E-state index in [9.17, 15) is 4.79 Å². The van der Waals surface area contributed by atoms with E-state index in [1.54, 1.807) is 24.3 Å². The van der Waals surface area contributed by atoms with Crippen molar-refractivity contribution in [2.75, 3.05) is 23.8 Å². The second-order valence-corrected chi connectivity index (χ2v) is 6.57. The molecule has 0 bridgehead atoms. The maximum atomic E-state index is 12.5. The second-order valence-electron chi connectivity index (χ2n) is 5.79. The van der Waals surface area contributed by atoms with Gasteiger partial charge in [0.05, 0.1) is 21.8 Å². The van der Waals surface area contributed by atoms with E-state index in [0.717, 1.165) is 19.4 Å². The number of carbonyl (C=O) groups excluding carboxylic acids is 1. The molecule has 0 radical (unpaired) electrons. The van der Waals surface area contributed by atoms with Gasteiger partial charge in [0, 0.05) is 18.8 Å². The molecule has 0 aliphatic carbocycles. The molecule has 25 heavy (non-hydrogen) atoms. The molecule has 2 N–H and O–H groups in total. The molecule has 2 aromatic rings. The van der Waals surface area contributed by atoms with Crippen LogP contribution < -0.4 is 10.6 Å². The van der Waals surface area contributed by atoms with Gasteiger partial charge in [-0.2, -0.15) is 0 Å². The summed E-state index contributed by atoms with van der Waals surface area (Å²) in [6.45, 7) is 3.21. The summed E-state index contributed by atoms with van der Waals surface area (Å²) in [5.74, 6) is 0.0210. The number of hydrogen-bond acceptors (Lipinski definition) is 5. The highest BCUT2D eigenvalue weighted by atomic mass is 35.5. The molecule has 0 spiro atoms. The summed E-state index contributed by atoms with van der Waals surface area (Å²) in [6.07, 6.45) is 2.24. The number of ether oxygens (including phenoxy) is 1. The Morgan fingerprint density at radius 2 is 2.20 bits per heavy atom. The highest BCUT2D eigenvalue weighted by Gasteiger charge is 2.17. The fourth-order valence-electron chi connectivity index (χ4n) is 2.56. The van der Waals surface area contributed by atoms with E-state index in [1.165, 1.54) is 0 Å². The van der Waals surface area contributed by atoms with Gasteiger partial charge < -0.3 is 15.4 Å². The third-order valence-corrected chi connectivity index (χ3v) is 4.62. The van der Waals surface area contributed by atoms with Gasteiger partial charge in [-0.05, 0) is 38.0 Å². The van der Waals surface area contributed by atoms with E-state index in [4.69, 9.17) is 27.9 Å². The predicted molar refractivity (Wildman–Crippen MR) is 98.6 cm³/mol. The summed E-state index contributed by atoms with van der Waals surface area (Å²) in [4.78, 5) is 21.1. The van der Waals surface area contributed by atoms with Crippen molar-refractivity contribution in [1.29, 1.82) is 0 Å². The van der Waals surface area contributed by atoms with Crippen LogP contribution in [0.3, 0.4) is 0 Å². The average Bonchev–Trinajstić information content (AvgIpc) is 3.10. The lowest BCUT2D eigenvalue weighted by molar-refractivity contribution is 0.102. The van der Waals surface area contributed by atoms with E-state index >= 15 is 0 Å². The zero-order valence-electron chi connectivity index (χ0n) is 13.7. The standard InChI is InChI=1S/C17H18Cl2N4O2/c1-10-8-14(16(24)22-13-6-2-5-12(18)15(13)19)23-17(21-10)20-9-11-4-3-7-25-11/h2,5-6,8,11H,3-4,7,9H2,1H3,(H,22,24)(H,20,21,23). The fourth-order valence-corrected chi connectivity index (χ4v) is 2.91. The first kappa shape index (κ1) is 17.9. The largest absolute Gasteiger partial charge is 0.376 e. The Kier molecular flexibility index (Phi) is 5.73. The number of hydrogen-bond donors (Lipinski definition) is 2. The molecule has 2 heterocycles. The van der Waals surface area contributed by atoms with E-state index in [-0.39, 0.29) is 17.7 Å². The molecule has 1 unspecified atom stereocenters. The topological polar surface area (TPSA) is 76.1 Å². The van der Waals surface area contributed by atoms with Crippen molar-refractivity contribution >= 4 is 40.7 Å². The van der Waals surface area contributed by atoms with Gasteiger partial charge in [0.25, 0.3) is 5.91 Å². The van der Waals surface area contributed by atoms with Gasteiger partial charge in [0.1, 0.15) is 5.69 Å². The highest BCUT2D eigenvalue weighted by Crippen LogP contribution is 2.29. The summed E-state index contributed by atoms with van der Waals surface area (Å²) in [5.41, 5.74) is 1.37. The average molecular weight is 381 g/mol. The van der Waals surface area contributed by atoms with E-state index < -0.39 is 0 Å². The van der Waals surface area contributed by atoms with Gasteiger partial charge in [-0.25, -0.2) is 9.97 Å². The molecule has 1 aliphatic heterocycles. The molecule has 132 valence electrons. The van der Waals surface area contributed by atoms with Gasteiger partial charge in [0.15, 0.2) is 0 Å². The minimum absolute atomic E-state index is 0.159. The number of nitrogens with one attached hydrogen (secondary N) is 2. The molecule has 1 aromatic carbocycles. The van der Waals surface area contributed by atoms with E-state index in [0.29, 0.717) is 33.9 Å². The molecule has 1 saturated heterocycles. The van der Waals surface area contributed by atoms with Gasteiger partial charge >= 0.3 is 0 Å². The number of carbonyl (C=O) groups is 1. The number of halogens is 2. The van der Waals surface area contributed by atoms with Crippen molar-refractivity contribution in [3.05, 3.63) is 45.7 Å². The number of aryl methyl sites for hydroxylation is 1. The number of amides is 1. The minimum Gasteiger partial charge on any atom is -0.376 e. The molecule has 1 amide bonds. The van der Waals surface area contributed by atoms with Crippen LogP contribution in [-0.2, 0) is 4.74 Å². The van der Waals surface area contributed by atoms with Crippen LogP contribution >= 0.6 is 23.2 Å². The Balaban J connectivity index is 1.72. The molecule has 1 aliphatic rings. The van der Waals surface area contributed by atoms with Gasteiger partial charge in [-0.15, -0.1) is 0 Å². The first-order chi connectivity index (χ1) is 12.0. The fraction of sp³-hybridized carbons (Fsp3) is 0.353. The normalized spacial score (nSPS) is 16.7. The number of benzene rings is 1. The van der Waals surface area contributed by atoms with Crippen LogP contribution in [-0.4, -0.2) is 35.1 Å². The van der Waals surface area contributed by atoms with Crippen molar-refractivity contribution in [3.8, 4) is 0 Å². The van der Waals surface area contributed by atoms with Crippen molar-refractivity contribution in [1.82, 2.24) is 9.97 Å². The van der Waals surface area contributed by atoms with Crippen LogP contribution in [0, 0.1) is 6.92 Å². The van der Waals surface area contributed by atoms with Crippen LogP contribution in [0.1, 0.15) is 29.0 Å². The Morgan fingerprint density at radius 1 is 1.36 bits per heavy atom.